The molecule has 0 bridgehead atoms. The molecule has 7 nitrogen and oxygen atoms in total. The normalized spacial score (nSPS) is 10.3. The van der Waals surface area contributed by atoms with Crippen molar-refractivity contribution in [1.82, 2.24) is 9.97 Å². The molecule has 0 aliphatic carbocycles. The van der Waals surface area contributed by atoms with Gasteiger partial charge in [0, 0.05) is 6.54 Å². The van der Waals surface area contributed by atoms with E-state index in [2.05, 4.69) is 22.2 Å². The number of hydrogen-bond acceptors (Lipinski definition) is 6. The van der Waals surface area contributed by atoms with Crippen LogP contribution in [0.4, 0.5) is 17.8 Å². The molecule has 7 heteroatoms. The zero-order valence-electron chi connectivity index (χ0n) is 9.44. The lowest BCUT2D eigenvalue weighted by molar-refractivity contribution is -0.579. The topological polar surface area (TPSA) is 117 Å². The van der Waals surface area contributed by atoms with E-state index < -0.39 is 0 Å². The van der Waals surface area contributed by atoms with Gasteiger partial charge < -0.3 is 22.0 Å². The maximum absolute atomic E-state index is 11.0. The highest BCUT2D eigenvalue weighted by molar-refractivity contribution is 5.31. The molecule has 0 spiro atoms. The Kier molecular flexibility index (Phi) is 4.56. The van der Waals surface area contributed by atoms with Crippen molar-refractivity contribution in [2.75, 3.05) is 23.3 Å². The van der Waals surface area contributed by atoms with Crippen molar-refractivity contribution in [1.29, 1.82) is 0 Å². The fourth-order valence-electron chi connectivity index (χ4n) is 1.28. The third-order valence-corrected chi connectivity index (χ3v) is 2.17. The third-order valence-electron chi connectivity index (χ3n) is 2.17. The SMILES string of the molecule is CCCCCCNc1nc(N)[n+]([O-])c(N)n1. The predicted octanol–water partition coefficient (Wildman–Crippen LogP) is 0.267. The Hall–Kier alpha value is -1.79. The molecule has 0 fully saturated rings. The van der Waals surface area contributed by atoms with Gasteiger partial charge >= 0.3 is 17.8 Å². The molecule has 0 unspecified atom stereocenters. The molecular formula is C9H18N6O. The van der Waals surface area contributed by atoms with E-state index in [1.165, 1.54) is 12.8 Å². The first kappa shape index (κ1) is 12.3. The molecule has 1 rings (SSSR count). The maximum atomic E-state index is 11.0. The van der Waals surface area contributed by atoms with Crippen molar-refractivity contribution >= 4 is 17.8 Å². The van der Waals surface area contributed by atoms with E-state index in [4.69, 9.17) is 11.5 Å². The van der Waals surface area contributed by atoms with Crippen molar-refractivity contribution < 1.29 is 4.73 Å². The smallest absolute Gasteiger partial charge is 0.321 e. The Labute approximate surface area is 94.5 Å². The van der Waals surface area contributed by atoms with Crippen LogP contribution in [-0.4, -0.2) is 16.5 Å². The largest absolute Gasteiger partial charge is 0.762 e. The van der Waals surface area contributed by atoms with Gasteiger partial charge in [0.1, 0.15) is 0 Å². The van der Waals surface area contributed by atoms with Crippen LogP contribution in [0.3, 0.4) is 0 Å². The number of hydrogen-bond donors (Lipinski definition) is 3. The van der Waals surface area contributed by atoms with Crippen molar-refractivity contribution in [2.24, 2.45) is 0 Å². The Bertz CT molecular complexity index is 320. The van der Waals surface area contributed by atoms with Crippen LogP contribution >= 0.6 is 0 Å². The fraction of sp³-hybridized carbons (Fsp3) is 0.667. The van der Waals surface area contributed by atoms with Gasteiger partial charge in [-0.15, -0.1) is 0 Å². The van der Waals surface area contributed by atoms with E-state index in [-0.39, 0.29) is 11.9 Å². The predicted molar refractivity (Wildman–Crippen MR) is 62.4 cm³/mol. The third kappa shape index (κ3) is 3.41. The van der Waals surface area contributed by atoms with Crippen LogP contribution in [0.25, 0.3) is 0 Å². The molecule has 0 aliphatic heterocycles. The van der Waals surface area contributed by atoms with Crippen LogP contribution in [-0.2, 0) is 0 Å². The highest BCUT2D eigenvalue weighted by Gasteiger charge is 2.09. The number of nitrogens with zero attached hydrogens (tertiary/aromatic N) is 3. The summed E-state index contributed by atoms with van der Waals surface area (Å²) in [6.07, 6.45) is 4.59. The van der Waals surface area contributed by atoms with Crippen LogP contribution in [0.5, 0.6) is 0 Å². The lowest BCUT2D eigenvalue weighted by Gasteiger charge is -2.09. The van der Waals surface area contributed by atoms with E-state index in [1.807, 2.05) is 0 Å². The van der Waals surface area contributed by atoms with E-state index in [1.54, 1.807) is 0 Å². The lowest BCUT2D eigenvalue weighted by atomic mass is 10.2. The standard InChI is InChI=1S/C9H18N6O/c1-2-3-4-5-6-12-9-13-7(10)15(16)8(11)14-9/h2-6H2,1H3,(H5,10,11,12,13,14). The van der Waals surface area contributed by atoms with Crippen LogP contribution in [0.1, 0.15) is 32.6 Å². The first-order valence-electron chi connectivity index (χ1n) is 5.41. The highest BCUT2D eigenvalue weighted by Crippen LogP contribution is 2.03. The zero-order chi connectivity index (χ0) is 12.0. The van der Waals surface area contributed by atoms with Crippen LogP contribution in [0.15, 0.2) is 0 Å². The molecule has 90 valence electrons. The summed E-state index contributed by atoms with van der Waals surface area (Å²) in [5, 5.41) is 14.0. The van der Waals surface area contributed by atoms with Gasteiger partial charge in [0.05, 0.1) is 0 Å². The summed E-state index contributed by atoms with van der Waals surface area (Å²) in [7, 11) is 0. The van der Waals surface area contributed by atoms with Crippen LogP contribution in [0, 0.1) is 5.21 Å². The van der Waals surface area contributed by atoms with Crippen LogP contribution < -0.4 is 21.5 Å². The molecular weight excluding hydrogens is 208 g/mol. The maximum Gasteiger partial charge on any atom is 0.321 e. The van der Waals surface area contributed by atoms with Gasteiger partial charge in [0.15, 0.2) is 0 Å². The average molecular weight is 226 g/mol. The number of nitrogen functional groups attached to an aromatic ring is 2. The number of aromatic nitrogens is 3. The first-order valence-corrected chi connectivity index (χ1v) is 5.41. The minimum absolute atomic E-state index is 0.191. The second kappa shape index (κ2) is 5.94. The summed E-state index contributed by atoms with van der Waals surface area (Å²) in [5.41, 5.74) is 10.7. The summed E-state index contributed by atoms with van der Waals surface area (Å²) >= 11 is 0. The minimum atomic E-state index is -0.191. The summed E-state index contributed by atoms with van der Waals surface area (Å²) in [6.45, 7) is 2.91. The quantitative estimate of drug-likeness (QED) is 0.364. The summed E-state index contributed by atoms with van der Waals surface area (Å²) < 4.78 is 0.294. The number of nitrogens with one attached hydrogen (secondary N) is 1. The zero-order valence-corrected chi connectivity index (χ0v) is 9.44. The van der Waals surface area contributed by atoms with E-state index in [9.17, 15) is 5.21 Å². The van der Waals surface area contributed by atoms with Gasteiger partial charge in [-0.1, -0.05) is 36.2 Å². The second-order valence-electron chi connectivity index (χ2n) is 3.55. The van der Waals surface area contributed by atoms with Gasteiger partial charge in [-0.25, -0.2) is 4.73 Å². The molecule has 5 N–H and O–H groups in total. The van der Waals surface area contributed by atoms with Gasteiger partial charge in [-0.2, -0.15) is 0 Å². The van der Waals surface area contributed by atoms with E-state index in [0.29, 0.717) is 10.7 Å². The molecule has 0 aromatic carbocycles. The minimum Gasteiger partial charge on any atom is -0.762 e. The fourth-order valence-corrected chi connectivity index (χ4v) is 1.28. The lowest BCUT2D eigenvalue weighted by Crippen LogP contribution is -2.37. The Morgan fingerprint density at radius 3 is 2.38 bits per heavy atom. The molecule has 1 aromatic rings. The van der Waals surface area contributed by atoms with Crippen molar-refractivity contribution in [3.05, 3.63) is 5.21 Å². The van der Waals surface area contributed by atoms with Gasteiger partial charge in [0.25, 0.3) is 0 Å². The van der Waals surface area contributed by atoms with Crippen molar-refractivity contribution in [3.8, 4) is 0 Å². The molecule has 0 radical (unpaired) electrons. The molecule has 0 saturated heterocycles. The molecule has 1 heterocycles. The first-order chi connectivity index (χ1) is 7.65. The molecule has 0 aliphatic rings. The Morgan fingerprint density at radius 1 is 1.19 bits per heavy atom. The number of rotatable bonds is 6. The average Bonchev–Trinajstić information content (AvgIpc) is 2.25. The molecule has 1 aromatic heterocycles. The van der Waals surface area contributed by atoms with Crippen molar-refractivity contribution in [2.45, 2.75) is 32.6 Å². The van der Waals surface area contributed by atoms with Gasteiger partial charge in [-0.3, -0.25) is 0 Å². The molecule has 0 amide bonds. The summed E-state index contributed by atoms with van der Waals surface area (Å²) in [4.78, 5) is 7.55. The van der Waals surface area contributed by atoms with Gasteiger partial charge in [0.2, 0.25) is 0 Å². The highest BCUT2D eigenvalue weighted by atomic mass is 16.5. The number of anilines is 3. The second-order valence-corrected chi connectivity index (χ2v) is 3.55. The molecule has 16 heavy (non-hydrogen) atoms. The Morgan fingerprint density at radius 2 is 1.81 bits per heavy atom. The Balaban J connectivity index is 2.43. The monoisotopic (exact) mass is 226 g/mol. The molecule has 0 atom stereocenters. The number of unbranched alkanes of at least 4 members (excludes halogenated alkanes) is 3. The molecule has 0 saturated carbocycles. The van der Waals surface area contributed by atoms with E-state index >= 15 is 0 Å². The number of nitrogens with two attached hydrogens (primary N) is 2. The van der Waals surface area contributed by atoms with Crippen LogP contribution in [0.2, 0.25) is 0 Å². The van der Waals surface area contributed by atoms with Gasteiger partial charge in [-0.05, 0) is 6.42 Å². The van der Waals surface area contributed by atoms with E-state index in [0.717, 1.165) is 19.4 Å². The van der Waals surface area contributed by atoms with Crippen molar-refractivity contribution in [3.63, 3.8) is 0 Å². The summed E-state index contributed by atoms with van der Waals surface area (Å²) in [6, 6.07) is 0. The summed E-state index contributed by atoms with van der Waals surface area (Å²) in [5.74, 6) is -0.0780.